The molecule has 8 rings (SSSR count). The second-order valence-electron chi connectivity index (χ2n) is 10.4. The second-order valence-corrected chi connectivity index (χ2v) is 10.4. The van der Waals surface area contributed by atoms with Gasteiger partial charge in [0.25, 0.3) is 0 Å². The summed E-state index contributed by atoms with van der Waals surface area (Å²) in [5, 5.41) is 50.1. The van der Waals surface area contributed by atoms with Crippen molar-refractivity contribution in [2.24, 2.45) is 0 Å². The zero-order valence-electron chi connectivity index (χ0n) is 22.6. The Bertz CT molecular complexity index is 1910. The Morgan fingerprint density at radius 1 is 1.21 bits per heavy atom. The fourth-order valence-corrected chi connectivity index (χ4v) is 6.45. The Morgan fingerprint density at radius 2 is 2.02 bits per heavy atom. The van der Waals surface area contributed by atoms with Crippen LogP contribution in [0.5, 0.6) is 0 Å². The number of hydrogen-bond acceptors (Lipinski definition) is 12. The Kier molecular flexibility index (Phi) is 5.62. The maximum atomic E-state index is 13.8. The SMILES string of the molecule is CCO/C=C/c1nn2c3nc(ccc13)Nc1cc3c(cn1)n(C(O)(O)O)c(=O)n3C1CC(O)C3=C1CC32C(=O)OCC. The Labute approximate surface area is 236 Å². The summed E-state index contributed by atoms with van der Waals surface area (Å²) in [5.74, 6) is -0.0373. The third-order valence-electron chi connectivity index (χ3n) is 8.07. The number of aliphatic hydroxyl groups is 4. The number of imidazole rings is 1. The number of aromatic nitrogens is 6. The Morgan fingerprint density at radius 3 is 2.76 bits per heavy atom. The zero-order chi connectivity index (χ0) is 29.6. The number of aliphatic hydroxyl groups excluding tert-OH is 1. The molecule has 2 aliphatic heterocycles. The minimum atomic E-state index is -3.52. The first-order chi connectivity index (χ1) is 20.1. The van der Waals surface area contributed by atoms with Gasteiger partial charge in [-0.15, -0.1) is 0 Å². The van der Waals surface area contributed by atoms with Crippen LogP contribution in [0.15, 0.2) is 46.6 Å². The van der Waals surface area contributed by atoms with Gasteiger partial charge >= 0.3 is 17.8 Å². The molecule has 2 aliphatic carbocycles. The van der Waals surface area contributed by atoms with Gasteiger partial charge in [-0.3, -0.25) is 4.57 Å². The van der Waals surface area contributed by atoms with Gasteiger partial charge in [0, 0.05) is 30.4 Å². The number of carbonyl (C=O) groups excluding carboxylic acids is 1. The molecule has 0 spiro atoms. The molecule has 42 heavy (non-hydrogen) atoms. The van der Waals surface area contributed by atoms with E-state index in [-0.39, 0.29) is 36.3 Å². The predicted molar refractivity (Wildman–Crippen MR) is 146 cm³/mol. The van der Waals surface area contributed by atoms with Crippen LogP contribution in [0.2, 0.25) is 0 Å². The third-order valence-corrected chi connectivity index (χ3v) is 8.07. The van der Waals surface area contributed by atoms with E-state index in [2.05, 4.69) is 10.3 Å². The summed E-state index contributed by atoms with van der Waals surface area (Å²) in [6, 6.07) is 4.20. The summed E-state index contributed by atoms with van der Waals surface area (Å²) in [6.07, 6.45) is -0.281. The molecule has 218 valence electrons. The van der Waals surface area contributed by atoms with Crippen LogP contribution in [-0.2, 0) is 25.9 Å². The highest BCUT2D eigenvalue weighted by Gasteiger charge is 2.62. The summed E-state index contributed by atoms with van der Waals surface area (Å²) >= 11 is 0. The maximum absolute atomic E-state index is 13.8. The van der Waals surface area contributed by atoms with Gasteiger partial charge in [-0.05, 0) is 37.1 Å². The van der Waals surface area contributed by atoms with Crippen LogP contribution < -0.4 is 11.0 Å². The second kappa shape index (κ2) is 8.96. The first kappa shape index (κ1) is 26.3. The molecule has 5 N–H and O–H groups in total. The number of nitrogens with zero attached hydrogens (tertiary/aromatic N) is 6. The van der Waals surface area contributed by atoms with Crippen LogP contribution in [-0.4, -0.2) is 74.6 Å². The lowest BCUT2D eigenvalue weighted by Gasteiger charge is -2.43. The highest BCUT2D eigenvalue weighted by molar-refractivity contribution is 5.93. The van der Waals surface area contributed by atoms with Crippen molar-refractivity contribution in [3.63, 3.8) is 0 Å². The first-order valence-corrected chi connectivity index (χ1v) is 13.4. The number of hydrogen-bond donors (Lipinski definition) is 5. The zero-order valence-corrected chi connectivity index (χ0v) is 22.6. The molecule has 15 heteroatoms. The van der Waals surface area contributed by atoms with Crippen molar-refractivity contribution < 1.29 is 34.7 Å². The summed E-state index contributed by atoms with van der Waals surface area (Å²) in [4.78, 5) is 36.5. The molecule has 0 fully saturated rings. The molecule has 0 saturated carbocycles. The molecule has 0 saturated heterocycles. The molecule has 0 radical (unpaired) electrons. The van der Waals surface area contributed by atoms with Gasteiger partial charge in [-0.1, -0.05) is 0 Å². The van der Waals surface area contributed by atoms with Crippen molar-refractivity contribution in [3.8, 4) is 0 Å². The third kappa shape index (κ3) is 3.44. The van der Waals surface area contributed by atoms with Crippen molar-refractivity contribution in [2.45, 2.75) is 50.5 Å². The van der Waals surface area contributed by atoms with Crippen LogP contribution in [0.1, 0.15) is 38.4 Å². The van der Waals surface area contributed by atoms with E-state index in [4.69, 9.17) is 19.6 Å². The minimum Gasteiger partial charge on any atom is -0.501 e. The van der Waals surface area contributed by atoms with E-state index >= 15 is 0 Å². The summed E-state index contributed by atoms with van der Waals surface area (Å²) in [6.45, 7) is 4.05. The molecule has 3 atom stereocenters. The molecular formula is C27H27N7O8. The molecule has 6 heterocycles. The fourth-order valence-electron chi connectivity index (χ4n) is 6.45. The van der Waals surface area contributed by atoms with E-state index in [0.717, 1.165) is 0 Å². The van der Waals surface area contributed by atoms with Crippen LogP contribution in [0.4, 0.5) is 11.6 Å². The van der Waals surface area contributed by atoms with Crippen LogP contribution >= 0.6 is 0 Å². The smallest absolute Gasteiger partial charge is 0.377 e. The largest absolute Gasteiger partial charge is 0.501 e. The van der Waals surface area contributed by atoms with Crippen LogP contribution in [0.25, 0.3) is 28.1 Å². The lowest BCUT2D eigenvalue weighted by atomic mass is 9.70. The number of nitrogens with one attached hydrogen (secondary N) is 1. The van der Waals surface area contributed by atoms with Crippen molar-refractivity contribution in [1.29, 1.82) is 0 Å². The first-order valence-electron chi connectivity index (χ1n) is 13.4. The number of allylic oxidation sites excluding steroid dienone is 1. The molecule has 4 aliphatic rings. The Hall–Kier alpha value is -4.57. The van der Waals surface area contributed by atoms with Crippen molar-refractivity contribution in [2.75, 3.05) is 18.5 Å². The molecular weight excluding hydrogens is 550 g/mol. The van der Waals surface area contributed by atoms with Crippen LogP contribution in [0.3, 0.4) is 0 Å². The molecule has 0 amide bonds. The topological polar surface area (TPSA) is 199 Å². The summed E-state index contributed by atoms with van der Waals surface area (Å²) in [5.41, 5.74) is -0.616. The number of pyridine rings is 2. The quantitative estimate of drug-likeness (QED) is 0.0922. The number of anilines is 2. The van der Waals surface area contributed by atoms with Crippen LogP contribution in [0, 0.1) is 0 Å². The monoisotopic (exact) mass is 577 g/mol. The number of esters is 1. The minimum absolute atomic E-state index is 0.000190. The molecule has 4 aromatic rings. The molecule has 8 bridgehead atoms. The van der Waals surface area contributed by atoms with E-state index in [9.17, 15) is 30.0 Å². The molecule has 4 aromatic heterocycles. The highest BCUT2D eigenvalue weighted by Crippen LogP contribution is 2.58. The van der Waals surface area contributed by atoms with E-state index < -0.39 is 35.4 Å². The normalized spacial score (nSPS) is 22.8. The van der Waals surface area contributed by atoms with Gasteiger partial charge in [-0.25, -0.2) is 28.8 Å². The highest BCUT2D eigenvalue weighted by atomic mass is 16.7. The van der Waals surface area contributed by atoms with E-state index in [0.29, 0.717) is 44.9 Å². The molecule has 15 nitrogen and oxygen atoms in total. The van der Waals surface area contributed by atoms with Crippen molar-refractivity contribution in [1.82, 2.24) is 28.9 Å². The molecule has 0 aromatic carbocycles. The number of rotatable bonds is 6. The van der Waals surface area contributed by atoms with Gasteiger partial charge in [0.15, 0.2) is 11.2 Å². The Balaban J connectivity index is 1.56. The average Bonchev–Trinajstić information content (AvgIpc) is 3.50. The fraction of sp³-hybridized carbons (Fsp3) is 0.370. The van der Waals surface area contributed by atoms with E-state index in [1.807, 2.05) is 6.92 Å². The maximum Gasteiger partial charge on any atom is 0.377 e. The lowest BCUT2D eigenvalue weighted by Crippen LogP contribution is -2.53. The summed E-state index contributed by atoms with van der Waals surface area (Å²) < 4.78 is 14.0. The average molecular weight is 578 g/mol. The van der Waals surface area contributed by atoms with Gasteiger partial charge < -0.3 is 35.2 Å². The summed E-state index contributed by atoms with van der Waals surface area (Å²) in [7, 11) is 0. The molecule has 3 unspecified atom stereocenters. The van der Waals surface area contributed by atoms with Crippen molar-refractivity contribution in [3.05, 3.63) is 58.0 Å². The number of ether oxygens (including phenoxy) is 2. The van der Waals surface area contributed by atoms with Gasteiger partial charge in [0.05, 0.1) is 54.5 Å². The van der Waals surface area contributed by atoms with Gasteiger partial charge in [0.2, 0.25) is 0 Å². The lowest BCUT2D eigenvalue weighted by molar-refractivity contribution is -0.374. The van der Waals surface area contributed by atoms with E-state index in [1.165, 1.54) is 27.8 Å². The standard InChI is InChI=1S/C27H27N7O8/c1-3-41-8-7-15-13-5-6-20-29-21-10-17-18(12-28-21)33(27(38,39)40)25(37)32(17)16-9-19(35)22-14(16)11-26(22,24(36)42-4-2)34(31-15)23(13)30-20/h5-8,10,12,16,19,35,38-40H,3-4,9,11H2,1-2H3,(H,28,29,30)/b8-7+. The number of carbonyl (C=O) groups is 1. The van der Waals surface area contributed by atoms with E-state index in [1.54, 1.807) is 25.1 Å². The van der Waals surface area contributed by atoms with Gasteiger partial charge in [0.1, 0.15) is 11.6 Å². The van der Waals surface area contributed by atoms with Crippen molar-refractivity contribution >= 4 is 45.7 Å². The van der Waals surface area contributed by atoms with Gasteiger partial charge in [-0.2, -0.15) is 5.10 Å². The predicted octanol–water partition coefficient (Wildman–Crippen LogP) is 0.516.